The number of amides is 2. The van der Waals surface area contributed by atoms with E-state index in [4.69, 9.17) is 0 Å². The Kier molecular flexibility index (Phi) is 3.87. The SMILES string of the molecule is CN(C)CCN1CCCN(S)C1=O. The van der Waals surface area contributed by atoms with Crippen LogP contribution in [0.5, 0.6) is 0 Å². The predicted octanol–water partition coefficient (Wildman–Crippen LogP) is 0.520. The summed E-state index contributed by atoms with van der Waals surface area (Å²) < 4.78 is 1.49. The fraction of sp³-hybridized carbons (Fsp3) is 0.875. The summed E-state index contributed by atoms with van der Waals surface area (Å²) in [6.07, 6.45) is 1.02. The van der Waals surface area contributed by atoms with Gasteiger partial charge in [-0.25, -0.2) is 4.79 Å². The van der Waals surface area contributed by atoms with Crippen molar-refractivity contribution in [1.82, 2.24) is 14.1 Å². The number of thiol groups is 1. The number of nitrogens with zero attached hydrogens (tertiary/aromatic N) is 3. The molecule has 0 aromatic rings. The molecule has 13 heavy (non-hydrogen) atoms. The molecule has 0 spiro atoms. The number of urea groups is 1. The lowest BCUT2D eigenvalue weighted by molar-refractivity contribution is 0.158. The zero-order chi connectivity index (χ0) is 9.84. The summed E-state index contributed by atoms with van der Waals surface area (Å²) in [5, 5.41) is 0. The highest BCUT2D eigenvalue weighted by Gasteiger charge is 2.22. The maximum Gasteiger partial charge on any atom is 0.329 e. The summed E-state index contributed by atoms with van der Waals surface area (Å²) in [4.78, 5) is 15.4. The van der Waals surface area contributed by atoms with Gasteiger partial charge in [0.2, 0.25) is 0 Å². The van der Waals surface area contributed by atoms with Crippen LogP contribution < -0.4 is 0 Å². The maximum absolute atomic E-state index is 11.5. The Morgan fingerprint density at radius 2 is 2.15 bits per heavy atom. The topological polar surface area (TPSA) is 26.8 Å². The van der Waals surface area contributed by atoms with E-state index in [1.165, 1.54) is 4.31 Å². The second-order valence-corrected chi connectivity index (χ2v) is 4.03. The highest BCUT2D eigenvalue weighted by Crippen LogP contribution is 2.10. The largest absolute Gasteiger partial charge is 0.329 e. The second-order valence-electron chi connectivity index (χ2n) is 3.55. The van der Waals surface area contributed by atoms with Gasteiger partial charge in [-0.15, -0.1) is 0 Å². The quantitative estimate of drug-likeness (QED) is 0.677. The third-order valence-corrected chi connectivity index (χ3v) is 2.48. The van der Waals surface area contributed by atoms with Crippen LogP contribution in [0.25, 0.3) is 0 Å². The molecule has 0 bridgehead atoms. The van der Waals surface area contributed by atoms with E-state index in [1.54, 1.807) is 0 Å². The molecular formula is C8H17N3OS. The Morgan fingerprint density at radius 1 is 1.46 bits per heavy atom. The fourth-order valence-electron chi connectivity index (χ4n) is 1.29. The average Bonchev–Trinajstić information content (AvgIpc) is 2.07. The molecule has 0 saturated carbocycles. The van der Waals surface area contributed by atoms with E-state index in [0.717, 1.165) is 32.6 Å². The summed E-state index contributed by atoms with van der Waals surface area (Å²) in [6.45, 7) is 3.33. The number of hydrogen-bond donors (Lipinski definition) is 1. The van der Waals surface area contributed by atoms with Crippen molar-refractivity contribution in [2.24, 2.45) is 0 Å². The van der Waals surface area contributed by atoms with E-state index in [0.29, 0.717) is 0 Å². The molecule has 0 aromatic heterocycles. The van der Waals surface area contributed by atoms with E-state index in [9.17, 15) is 4.79 Å². The van der Waals surface area contributed by atoms with Crippen LogP contribution in [0.4, 0.5) is 4.79 Å². The first-order valence-electron chi connectivity index (χ1n) is 4.51. The van der Waals surface area contributed by atoms with Crippen LogP contribution in [0.15, 0.2) is 0 Å². The highest BCUT2D eigenvalue weighted by molar-refractivity contribution is 7.78. The zero-order valence-corrected chi connectivity index (χ0v) is 9.13. The molecule has 0 unspecified atom stereocenters. The smallest absolute Gasteiger partial charge is 0.323 e. The molecule has 4 nitrogen and oxygen atoms in total. The van der Waals surface area contributed by atoms with E-state index in [-0.39, 0.29) is 6.03 Å². The molecule has 1 aliphatic rings. The number of carbonyl (C=O) groups is 1. The molecule has 1 aliphatic heterocycles. The van der Waals surface area contributed by atoms with Gasteiger partial charge in [-0.2, -0.15) is 0 Å². The number of rotatable bonds is 3. The van der Waals surface area contributed by atoms with E-state index >= 15 is 0 Å². The predicted molar refractivity (Wildman–Crippen MR) is 55.8 cm³/mol. The molecule has 0 aliphatic carbocycles. The van der Waals surface area contributed by atoms with Gasteiger partial charge < -0.3 is 9.80 Å². The zero-order valence-electron chi connectivity index (χ0n) is 8.23. The summed E-state index contributed by atoms with van der Waals surface area (Å²) in [7, 11) is 4.01. The maximum atomic E-state index is 11.5. The molecular weight excluding hydrogens is 186 g/mol. The summed E-state index contributed by atoms with van der Waals surface area (Å²) >= 11 is 4.09. The van der Waals surface area contributed by atoms with Gasteiger partial charge in [-0.05, 0) is 20.5 Å². The van der Waals surface area contributed by atoms with Crippen LogP contribution in [-0.4, -0.2) is 60.4 Å². The molecule has 76 valence electrons. The summed E-state index contributed by atoms with van der Waals surface area (Å²) in [6, 6.07) is 0.0384. The van der Waals surface area contributed by atoms with Crippen LogP contribution in [0.1, 0.15) is 6.42 Å². The van der Waals surface area contributed by atoms with Crippen molar-refractivity contribution in [3.8, 4) is 0 Å². The van der Waals surface area contributed by atoms with Crippen molar-refractivity contribution >= 4 is 18.8 Å². The van der Waals surface area contributed by atoms with Gasteiger partial charge in [-0.1, -0.05) is 12.8 Å². The first kappa shape index (κ1) is 10.7. The molecule has 2 amide bonds. The lowest BCUT2D eigenvalue weighted by Crippen LogP contribution is -2.47. The van der Waals surface area contributed by atoms with Crippen molar-refractivity contribution in [3.05, 3.63) is 0 Å². The molecule has 0 aromatic carbocycles. The molecule has 1 saturated heterocycles. The van der Waals surface area contributed by atoms with Gasteiger partial charge >= 0.3 is 6.03 Å². The Morgan fingerprint density at radius 3 is 2.77 bits per heavy atom. The summed E-state index contributed by atoms with van der Waals surface area (Å²) in [5.41, 5.74) is 0. The lowest BCUT2D eigenvalue weighted by Gasteiger charge is -2.32. The minimum absolute atomic E-state index is 0.0384. The molecule has 0 atom stereocenters. The van der Waals surface area contributed by atoms with Gasteiger partial charge in [0, 0.05) is 26.2 Å². The van der Waals surface area contributed by atoms with Crippen molar-refractivity contribution in [2.75, 3.05) is 40.3 Å². The molecule has 1 rings (SSSR count). The Hall–Kier alpha value is -0.420. The van der Waals surface area contributed by atoms with Gasteiger partial charge in [0.1, 0.15) is 0 Å². The van der Waals surface area contributed by atoms with Gasteiger partial charge in [0.25, 0.3) is 0 Å². The third kappa shape index (κ3) is 3.08. The Balaban J connectivity index is 2.35. The number of likely N-dealkylation sites (N-methyl/N-ethyl adjacent to an activating group) is 1. The van der Waals surface area contributed by atoms with E-state index in [1.807, 2.05) is 19.0 Å². The summed E-state index contributed by atoms with van der Waals surface area (Å²) in [5.74, 6) is 0. The van der Waals surface area contributed by atoms with Crippen molar-refractivity contribution in [2.45, 2.75) is 6.42 Å². The van der Waals surface area contributed by atoms with Crippen molar-refractivity contribution < 1.29 is 4.79 Å². The second kappa shape index (κ2) is 4.72. The average molecular weight is 203 g/mol. The Labute approximate surface area is 85.0 Å². The minimum atomic E-state index is 0.0384. The van der Waals surface area contributed by atoms with Crippen molar-refractivity contribution in [1.29, 1.82) is 0 Å². The van der Waals surface area contributed by atoms with Crippen LogP contribution in [0.3, 0.4) is 0 Å². The third-order valence-electron chi connectivity index (χ3n) is 2.11. The Bertz CT molecular complexity index is 186. The molecule has 0 radical (unpaired) electrons. The monoisotopic (exact) mass is 203 g/mol. The molecule has 1 heterocycles. The first-order valence-corrected chi connectivity index (χ1v) is 4.91. The minimum Gasteiger partial charge on any atom is -0.323 e. The van der Waals surface area contributed by atoms with Crippen LogP contribution in [0.2, 0.25) is 0 Å². The first-order chi connectivity index (χ1) is 6.11. The highest BCUT2D eigenvalue weighted by atomic mass is 32.1. The van der Waals surface area contributed by atoms with Crippen LogP contribution >= 0.6 is 12.8 Å². The van der Waals surface area contributed by atoms with Crippen molar-refractivity contribution in [3.63, 3.8) is 0 Å². The standard InChI is InChI=1S/C8H17N3OS/c1-9(2)6-7-10-4-3-5-11(13)8(10)12/h13H,3-7H2,1-2H3. The van der Waals surface area contributed by atoms with Gasteiger partial charge in [-0.3, -0.25) is 4.31 Å². The molecule has 5 heteroatoms. The van der Waals surface area contributed by atoms with E-state index in [2.05, 4.69) is 17.7 Å². The molecule has 1 fully saturated rings. The normalized spacial score (nSPS) is 18.6. The number of carbonyl (C=O) groups excluding carboxylic acids is 1. The lowest BCUT2D eigenvalue weighted by atomic mass is 10.3. The fourth-order valence-corrected chi connectivity index (χ4v) is 1.56. The molecule has 0 N–H and O–H groups in total. The van der Waals surface area contributed by atoms with Gasteiger partial charge in [0.15, 0.2) is 0 Å². The van der Waals surface area contributed by atoms with Crippen LogP contribution in [0, 0.1) is 0 Å². The van der Waals surface area contributed by atoms with E-state index < -0.39 is 0 Å². The van der Waals surface area contributed by atoms with Crippen LogP contribution in [-0.2, 0) is 0 Å². The number of hydrogen-bond acceptors (Lipinski definition) is 3. The van der Waals surface area contributed by atoms with Gasteiger partial charge in [0.05, 0.1) is 0 Å².